The van der Waals surface area contributed by atoms with Crippen LogP contribution in [-0.4, -0.2) is 13.2 Å². The molecule has 1 aliphatic carbocycles. The van der Waals surface area contributed by atoms with Gasteiger partial charge in [0.1, 0.15) is 0 Å². The molecule has 0 bridgehead atoms. The second-order valence-corrected chi connectivity index (χ2v) is 5.30. The molecule has 0 atom stereocenters. The van der Waals surface area contributed by atoms with Crippen LogP contribution in [0.3, 0.4) is 0 Å². The third-order valence-electron chi connectivity index (χ3n) is 3.01. The Hall–Kier alpha value is -0.550. The van der Waals surface area contributed by atoms with Crippen LogP contribution < -0.4 is 0 Å². The summed E-state index contributed by atoms with van der Waals surface area (Å²) in [4.78, 5) is 0. The number of rotatable bonds is 8. The molecule has 0 aromatic rings. The second kappa shape index (κ2) is 6.12. The molecule has 0 amide bonds. The summed E-state index contributed by atoms with van der Waals surface area (Å²) in [7, 11) is 0. The maximum atomic E-state index is 8.82. The number of hydrogen-bond donors (Lipinski definition) is 0. The number of nitrogens with zero attached hydrogens (tertiary/aromatic N) is 1. The van der Waals surface area contributed by atoms with Crippen molar-refractivity contribution in [3.63, 3.8) is 0 Å². The summed E-state index contributed by atoms with van der Waals surface area (Å²) in [6, 6.07) is 2.33. The third kappa shape index (κ3) is 6.52. The van der Waals surface area contributed by atoms with Gasteiger partial charge in [-0.05, 0) is 45.4 Å². The molecule has 1 rings (SSSR count). The number of nitriles is 1. The summed E-state index contributed by atoms with van der Waals surface area (Å²) in [5, 5.41) is 8.82. The van der Waals surface area contributed by atoms with Gasteiger partial charge in [0, 0.05) is 13.2 Å². The van der Waals surface area contributed by atoms with Crippen molar-refractivity contribution in [3.05, 3.63) is 0 Å². The molecule has 0 aliphatic heterocycles. The highest BCUT2D eigenvalue weighted by Gasteiger charge is 2.20. The molecule has 0 radical (unpaired) electrons. The van der Waals surface area contributed by atoms with Gasteiger partial charge < -0.3 is 4.74 Å². The number of ether oxygens (including phenoxy) is 1. The smallest absolute Gasteiger partial charge is 0.0683 e. The van der Waals surface area contributed by atoms with E-state index >= 15 is 0 Å². The largest absolute Gasteiger partial charge is 0.381 e. The van der Waals surface area contributed by atoms with Crippen molar-refractivity contribution in [3.8, 4) is 6.07 Å². The first-order chi connectivity index (χ1) is 7.14. The minimum atomic E-state index is -0.159. The van der Waals surface area contributed by atoms with Crippen molar-refractivity contribution >= 4 is 0 Å². The van der Waals surface area contributed by atoms with Crippen molar-refractivity contribution in [2.75, 3.05) is 13.2 Å². The zero-order chi connectivity index (χ0) is 11.1. The van der Waals surface area contributed by atoms with Gasteiger partial charge in [0.2, 0.25) is 0 Å². The first-order valence-electron chi connectivity index (χ1n) is 6.13. The summed E-state index contributed by atoms with van der Waals surface area (Å²) in [6.07, 6.45) is 7.26. The highest BCUT2D eigenvalue weighted by Crippen LogP contribution is 2.32. The fourth-order valence-electron chi connectivity index (χ4n) is 1.59. The van der Waals surface area contributed by atoms with Crippen LogP contribution in [0.25, 0.3) is 0 Å². The summed E-state index contributed by atoms with van der Waals surface area (Å²) in [6.45, 7) is 5.81. The summed E-state index contributed by atoms with van der Waals surface area (Å²) < 4.78 is 5.55. The zero-order valence-corrected chi connectivity index (χ0v) is 10.1. The van der Waals surface area contributed by atoms with Gasteiger partial charge in [0.15, 0.2) is 0 Å². The Morgan fingerprint density at radius 2 is 2.00 bits per heavy atom. The fraction of sp³-hybridized carbons (Fsp3) is 0.923. The van der Waals surface area contributed by atoms with Crippen molar-refractivity contribution in [1.29, 1.82) is 5.26 Å². The van der Waals surface area contributed by atoms with Crippen LogP contribution in [-0.2, 0) is 4.74 Å². The topological polar surface area (TPSA) is 33.0 Å². The number of unbranched alkanes of at least 4 members (excludes halogenated alkanes) is 1. The van der Waals surface area contributed by atoms with Crippen LogP contribution in [0.2, 0.25) is 0 Å². The van der Waals surface area contributed by atoms with E-state index in [1.807, 2.05) is 13.8 Å². The van der Waals surface area contributed by atoms with Gasteiger partial charge in [0.05, 0.1) is 11.5 Å². The quantitative estimate of drug-likeness (QED) is 0.573. The first-order valence-corrected chi connectivity index (χ1v) is 6.13. The Morgan fingerprint density at radius 1 is 1.27 bits per heavy atom. The predicted molar refractivity (Wildman–Crippen MR) is 61.4 cm³/mol. The Kier molecular flexibility index (Phi) is 5.11. The first kappa shape index (κ1) is 12.5. The molecule has 86 valence electrons. The van der Waals surface area contributed by atoms with E-state index in [1.54, 1.807) is 0 Å². The molecule has 0 aromatic carbocycles. The molecule has 2 nitrogen and oxygen atoms in total. The lowest BCUT2D eigenvalue weighted by atomic mass is 9.89. The standard InChI is InChI=1S/C13H23NO/c1-13(2,11-14)8-3-4-9-15-10-7-12-5-6-12/h12H,3-10H2,1-2H3. The van der Waals surface area contributed by atoms with E-state index in [-0.39, 0.29) is 5.41 Å². The van der Waals surface area contributed by atoms with Crippen LogP contribution in [0.4, 0.5) is 0 Å². The average Bonchev–Trinajstić information content (AvgIpc) is 3.00. The van der Waals surface area contributed by atoms with Gasteiger partial charge in [0.25, 0.3) is 0 Å². The van der Waals surface area contributed by atoms with Gasteiger partial charge >= 0.3 is 0 Å². The van der Waals surface area contributed by atoms with Crippen molar-refractivity contribution in [1.82, 2.24) is 0 Å². The lowest BCUT2D eigenvalue weighted by Crippen LogP contribution is -2.08. The zero-order valence-electron chi connectivity index (χ0n) is 10.1. The molecule has 1 fully saturated rings. The Bertz CT molecular complexity index is 213. The normalized spacial score (nSPS) is 16.3. The molecular formula is C13H23NO. The molecular weight excluding hydrogens is 186 g/mol. The molecule has 0 spiro atoms. The van der Waals surface area contributed by atoms with E-state index in [9.17, 15) is 0 Å². The average molecular weight is 209 g/mol. The van der Waals surface area contributed by atoms with Crippen LogP contribution >= 0.6 is 0 Å². The van der Waals surface area contributed by atoms with E-state index in [4.69, 9.17) is 10.00 Å². The molecule has 0 unspecified atom stereocenters. The summed E-state index contributed by atoms with van der Waals surface area (Å²) >= 11 is 0. The van der Waals surface area contributed by atoms with E-state index in [0.29, 0.717) is 0 Å². The molecule has 0 aromatic heterocycles. The molecule has 2 heteroatoms. The van der Waals surface area contributed by atoms with Crippen molar-refractivity contribution in [2.45, 2.75) is 52.4 Å². The highest BCUT2D eigenvalue weighted by atomic mass is 16.5. The van der Waals surface area contributed by atoms with E-state index in [1.165, 1.54) is 19.3 Å². The second-order valence-electron chi connectivity index (χ2n) is 5.30. The van der Waals surface area contributed by atoms with Gasteiger partial charge in [-0.3, -0.25) is 0 Å². The monoisotopic (exact) mass is 209 g/mol. The van der Waals surface area contributed by atoms with Crippen molar-refractivity contribution < 1.29 is 4.74 Å². The third-order valence-corrected chi connectivity index (χ3v) is 3.01. The van der Waals surface area contributed by atoms with Gasteiger partial charge in [-0.2, -0.15) is 5.26 Å². The van der Waals surface area contributed by atoms with Crippen LogP contribution in [0.15, 0.2) is 0 Å². The fourth-order valence-corrected chi connectivity index (χ4v) is 1.59. The highest BCUT2D eigenvalue weighted by molar-refractivity contribution is 4.91. The maximum absolute atomic E-state index is 8.82. The van der Waals surface area contributed by atoms with Gasteiger partial charge in [-0.25, -0.2) is 0 Å². The Morgan fingerprint density at radius 3 is 2.60 bits per heavy atom. The Labute approximate surface area is 93.6 Å². The van der Waals surface area contributed by atoms with Gasteiger partial charge in [-0.15, -0.1) is 0 Å². The lowest BCUT2D eigenvalue weighted by Gasteiger charge is -2.14. The van der Waals surface area contributed by atoms with Crippen LogP contribution in [0.1, 0.15) is 52.4 Å². The summed E-state index contributed by atoms with van der Waals surface area (Å²) in [5.74, 6) is 0.975. The van der Waals surface area contributed by atoms with E-state index in [0.717, 1.165) is 38.4 Å². The maximum Gasteiger partial charge on any atom is 0.0683 e. The Balaban J connectivity index is 1.82. The molecule has 1 aliphatic rings. The van der Waals surface area contributed by atoms with Crippen molar-refractivity contribution in [2.24, 2.45) is 11.3 Å². The molecule has 0 N–H and O–H groups in total. The predicted octanol–water partition coefficient (Wildman–Crippen LogP) is 3.52. The van der Waals surface area contributed by atoms with E-state index < -0.39 is 0 Å². The molecule has 15 heavy (non-hydrogen) atoms. The van der Waals surface area contributed by atoms with Crippen LogP contribution in [0.5, 0.6) is 0 Å². The minimum Gasteiger partial charge on any atom is -0.381 e. The molecule has 1 saturated carbocycles. The van der Waals surface area contributed by atoms with Crippen LogP contribution in [0, 0.1) is 22.7 Å². The van der Waals surface area contributed by atoms with Gasteiger partial charge in [-0.1, -0.05) is 12.8 Å². The lowest BCUT2D eigenvalue weighted by molar-refractivity contribution is 0.122. The molecule has 0 heterocycles. The molecule has 0 saturated heterocycles. The minimum absolute atomic E-state index is 0.159. The summed E-state index contributed by atoms with van der Waals surface area (Å²) in [5.41, 5.74) is -0.159. The SMILES string of the molecule is CC(C)(C#N)CCCCOCCC1CC1. The number of hydrogen-bond acceptors (Lipinski definition) is 2. The van der Waals surface area contributed by atoms with E-state index in [2.05, 4.69) is 6.07 Å².